The molecule has 188 valence electrons. The van der Waals surface area contributed by atoms with E-state index in [0.29, 0.717) is 35.8 Å². The summed E-state index contributed by atoms with van der Waals surface area (Å²) in [4.78, 5) is 39.3. The zero-order valence-corrected chi connectivity index (χ0v) is 22.0. The Labute approximate surface area is 223 Å². The van der Waals surface area contributed by atoms with Crippen LogP contribution in [0, 0.1) is 6.92 Å². The minimum absolute atomic E-state index is 0.171. The molecule has 37 heavy (non-hydrogen) atoms. The molecule has 7 nitrogen and oxygen atoms in total. The van der Waals surface area contributed by atoms with Gasteiger partial charge in [0.2, 0.25) is 0 Å². The van der Waals surface area contributed by atoms with Crippen LogP contribution in [-0.2, 0) is 22.6 Å². The van der Waals surface area contributed by atoms with Crippen LogP contribution in [0.25, 0.3) is 6.08 Å². The molecule has 1 fully saturated rings. The van der Waals surface area contributed by atoms with Crippen LogP contribution in [0.4, 0.5) is 10.5 Å². The van der Waals surface area contributed by atoms with E-state index in [-0.39, 0.29) is 5.57 Å². The third-order valence-corrected chi connectivity index (χ3v) is 6.27. The van der Waals surface area contributed by atoms with Crippen LogP contribution in [0.3, 0.4) is 0 Å². The van der Waals surface area contributed by atoms with Crippen molar-refractivity contribution in [2.45, 2.75) is 20.0 Å². The summed E-state index contributed by atoms with van der Waals surface area (Å²) < 4.78 is 12.7. The summed E-state index contributed by atoms with van der Waals surface area (Å²) in [7, 11) is 1.52. The number of nitrogens with zero attached hydrogens (tertiary/aromatic N) is 1. The van der Waals surface area contributed by atoms with E-state index < -0.39 is 17.8 Å². The molecule has 0 spiro atoms. The summed E-state index contributed by atoms with van der Waals surface area (Å²) in [6.45, 7) is 6.05. The highest BCUT2D eigenvalue weighted by atomic mass is 79.9. The molecule has 0 aromatic heterocycles. The van der Waals surface area contributed by atoms with Gasteiger partial charge in [0.15, 0.2) is 11.5 Å². The van der Waals surface area contributed by atoms with Gasteiger partial charge in [0.05, 0.1) is 12.8 Å². The Balaban J connectivity index is 1.69. The molecule has 3 aromatic carbocycles. The highest BCUT2D eigenvalue weighted by Crippen LogP contribution is 2.35. The molecule has 0 aliphatic carbocycles. The normalized spacial score (nSPS) is 14.5. The SMILES string of the molecule is C=CCc1cc(/C=C2\C(=O)NC(=O)N(c3ccc(C)cc3)C2=O)cc(OC)c1OCc1ccc(Br)cc1. The topological polar surface area (TPSA) is 84.9 Å². The van der Waals surface area contributed by atoms with Crippen LogP contribution >= 0.6 is 15.9 Å². The number of benzene rings is 3. The first-order chi connectivity index (χ1) is 17.8. The predicted octanol–water partition coefficient (Wildman–Crippen LogP) is 5.74. The van der Waals surface area contributed by atoms with E-state index in [0.717, 1.165) is 26.1 Å². The summed E-state index contributed by atoms with van der Waals surface area (Å²) in [5, 5.41) is 2.25. The molecule has 1 aliphatic heterocycles. The van der Waals surface area contributed by atoms with E-state index in [9.17, 15) is 14.4 Å². The maximum absolute atomic E-state index is 13.3. The molecule has 0 radical (unpaired) electrons. The van der Waals surface area contributed by atoms with Gasteiger partial charge >= 0.3 is 6.03 Å². The number of nitrogens with one attached hydrogen (secondary N) is 1. The second-order valence-corrected chi connectivity index (χ2v) is 9.33. The average Bonchev–Trinajstić information content (AvgIpc) is 2.88. The molecule has 3 aromatic rings. The Morgan fingerprint density at radius 3 is 2.38 bits per heavy atom. The first-order valence-corrected chi connectivity index (χ1v) is 12.3. The van der Waals surface area contributed by atoms with Crippen LogP contribution in [0.1, 0.15) is 22.3 Å². The zero-order valence-electron chi connectivity index (χ0n) is 20.4. The fourth-order valence-electron chi connectivity index (χ4n) is 3.88. The highest BCUT2D eigenvalue weighted by molar-refractivity contribution is 9.10. The van der Waals surface area contributed by atoms with E-state index in [1.165, 1.54) is 13.2 Å². The lowest BCUT2D eigenvalue weighted by Crippen LogP contribution is -2.54. The van der Waals surface area contributed by atoms with Crippen molar-refractivity contribution < 1.29 is 23.9 Å². The van der Waals surface area contributed by atoms with Crippen LogP contribution < -0.4 is 19.7 Å². The second-order valence-electron chi connectivity index (χ2n) is 8.41. The third-order valence-electron chi connectivity index (χ3n) is 5.74. The Kier molecular flexibility index (Phi) is 7.89. The molecule has 1 saturated heterocycles. The monoisotopic (exact) mass is 560 g/mol. The quantitative estimate of drug-likeness (QED) is 0.216. The number of aryl methyl sites for hydroxylation is 1. The molecule has 4 rings (SSSR count). The molecule has 1 N–H and O–H groups in total. The fourth-order valence-corrected chi connectivity index (χ4v) is 4.14. The molecule has 0 unspecified atom stereocenters. The summed E-state index contributed by atoms with van der Waals surface area (Å²) >= 11 is 3.43. The van der Waals surface area contributed by atoms with Gasteiger partial charge in [0.25, 0.3) is 11.8 Å². The van der Waals surface area contributed by atoms with E-state index in [4.69, 9.17) is 9.47 Å². The summed E-state index contributed by atoms with van der Waals surface area (Å²) in [5.74, 6) is -0.489. The highest BCUT2D eigenvalue weighted by Gasteiger charge is 2.36. The van der Waals surface area contributed by atoms with Crippen molar-refractivity contribution in [3.05, 3.63) is 106 Å². The van der Waals surface area contributed by atoms with E-state index in [2.05, 4.69) is 27.8 Å². The molecule has 1 heterocycles. The van der Waals surface area contributed by atoms with Gasteiger partial charge in [-0.05, 0) is 66.9 Å². The van der Waals surface area contributed by atoms with Crippen LogP contribution in [0.15, 0.2) is 83.4 Å². The van der Waals surface area contributed by atoms with Crippen LogP contribution in [-0.4, -0.2) is 25.0 Å². The number of urea groups is 1. The number of halogens is 1. The fraction of sp³-hybridized carbons (Fsp3) is 0.138. The third kappa shape index (κ3) is 5.81. The van der Waals surface area contributed by atoms with Gasteiger partial charge < -0.3 is 9.47 Å². The van der Waals surface area contributed by atoms with Gasteiger partial charge in [-0.25, -0.2) is 9.69 Å². The van der Waals surface area contributed by atoms with Gasteiger partial charge in [-0.15, -0.1) is 6.58 Å². The maximum Gasteiger partial charge on any atom is 0.335 e. The van der Waals surface area contributed by atoms with E-state index in [1.807, 2.05) is 31.2 Å². The van der Waals surface area contributed by atoms with Crippen LogP contribution in [0.5, 0.6) is 11.5 Å². The molecule has 0 saturated carbocycles. The van der Waals surface area contributed by atoms with Gasteiger partial charge in [0, 0.05) is 10.0 Å². The number of carbonyl (C=O) groups excluding carboxylic acids is 3. The number of rotatable bonds is 8. The minimum Gasteiger partial charge on any atom is -0.493 e. The van der Waals surface area contributed by atoms with Gasteiger partial charge in [0.1, 0.15) is 12.2 Å². The van der Waals surface area contributed by atoms with Crippen molar-refractivity contribution >= 4 is 45.5 Å². The van der Waals surface area contributed by atoms with Gasteiger partial charge in [-0.1, -0.05) is 51.8 Å². The molecule has 1 aliphatic rings. The van der Waals surface area contributed by atoms with Crippen molar-refractivity contribution in [3.63, 3.8) is 0 Å². The number of carbonyl (C=O) groups is 3. The summed E-state index contributed by atoms with van der Waals surface area (Å²) in [6, 6.07) is 17.4. The Hall–Kier alpha value is -4.17. The molecule has 4 amide bonds. The Morgan fingerprint density at radius 1 is 1.03 bits per heavy atom. The molecular formula is C29H25BrN2O5. The number of amides is 4. The smallest absolute Gasteiger partial charge is 0.335 e. The van der Waals surface area contributed by atoms with Crippen LogP contribution in [0.2, 0.25) is 0 Å². The minimum atomic E-state index is -0.794. The van der Waals surface area contributed by atoms with E-state index in [1.54, 1.807) is 42.5 Å². The molecule has 8 heteroatoms. The van der Waals surface area contributed by atoms with Crippen molar-refractivity contribution in [1.29, 1.82) is 0 Å². The van der Waals surface area contributed by atoms with Crippen molar-refractivity contribution in [2.24, 2.45) is 0 Å². The maximum atomic E-state index is 13.3. The lowest BCUT2D eigenvalue weighted by Gasteiger charge is -2.26. The van der Waals surface area contributed by atoms with Gasteiger partial charge in [-0.2, -0.15) is 0 Å². The van der Waals surface area contributed by atoms with Crippen molar-refractivity contribution in [1.82, 2.24) is 5.32 Å². The summed E-state index contributed by atoms with van der Waals surface area (Å²) in [5.41, 5.74) is 3.47. The number of anilines is 1. The number of barbiturate groups is 1. The number of ether oxygens (including phenoxy) is 2. The molecular weight excluding hydrogens is 536 g/mol. The van der Waals surface area contributed by atoms with Crippen molar-refractivity contribution in [3.8, 4) is 11.5 Å². The van der Waals surface area contributed by atoms with E-state index >= 15 is 0 Å². The lowest BCUT2D eigenvalue weighted by atomic mass is 10.0. The molecule has 0 bridgehead atoms. The predicted molar refractivity (Wildman–Crippen MR) is 146 cm³/mol. The number of imide groups is 2. The average molecular weight is 561 g/mol. The largest absolute Gasteiger partial charge is 0.493 e. The standard InChI is InChI=1S/C29H25BrN2O5/c1-4-5-21-14-20(16-25(36-3)26(21)37-17-19-8-10-22(30)11-9-19)15-24-27(33)31-29(35)32(28(24)34)23-12-6-18(2)7-13-23/h4,6-16H,1,5,17H2,2-3H3,(H,31,33,35)/b24-15+. The first kappa shape index (κ1) is 25.9. The second kappa shape index (κ2) is 11.3. The number of methoxy groups -OCH3 is 1. The van der Waals surface area contributed by atoms with Crippen molar-refractivity contribution in [2.75, 3.05) is 12.0 Å². The first-order valence-electron chi connectivity index (χ1n) is 11.5. The number of hydrogen-bond donors (Lipinski definition) is 1. The Morgan fingerprint density at radius 2 is 1.73 bits per heavy atom. The zero-order chi connectivity index (χ0) is 26.5. The number of allylic oxidation sites excluding steroid dienone is 1. The lowest BCUT2D eigenvalue weighted by molar-refractivity contribution is -0.122. The number of hydrogen-bond acceptors (Lipinski definition) is 5. The summed E-state index contributed by atoms with van der Waals surface area (Å²) in [6.07, 6.45) is 3.64. The van der Waals surface area contributed by atoms with Gasteiger partial charge in [-0.3, -0.25) is 14.9 Å². The molecule has 0 atom stereocenters. The Bertz CT molecular complexity index is 1400.